The van der Waals surface area contributed by atoms with Crippen LogP contribution in [-0.2, 0) is 16.8 Å². The molecule has 0 atom stereocenters. The summed E-state index contributed by atoms with van der Waals surface area (Å²) in [7, 11) is 0. The monoisotopic (exact) mass is 357 g/mol. The molecule has 0 bridgehead atoms. The Balaban J connectivity index is 3.24. The normalized spacial score (nSPS) is 12.0. The van der Waals surface area contributed by atoms with Crippen molar-refractivity contribution in [1.82, 2.24) is 9.97 Å². The molecule has 1 heterocycles. The molecule has 1 aromatic heterocycles. The van der Waals surface area contributed by atoms with Crippen LogP contribution in [0.4, 0.5) is 5.82 Å². The second-order valence-electron chi connectivity index (χ2n) is 6.12. The zero-order valence-electron chi connectivity index (χ0n) is 14.1. The van der Waals surface area contributed by atoms with Crippen LogP contribution in [-0.4, -0.2) is 23.1 Å². The molecule has 0 saturated heterocycles. The van der Waals surface area contributed by atoms with Crippen LogP contribution in [0.5, 0.6) is 0 Å². The van der Waals surface area contributed by atoms with E-state index in [2.05, 4.69) is 47.0 Å². The molecule has 0 spiro atoms. The first-order valence-corrected chi connectivity index (χ1v) is 8.55. The molecule has 0 aromatic carbocycles. The quantitative estimate of drug-likeness (QED) is 0.742. The lowest BCUT2D eigenvalue weighted by atomic mass is 10.1. The van der Waals surface area contributed by atoms with Crippen LogP contribution < -0.4 is 5.32 Å². The molecule has 0 saturated carbocycles. The van der Waals surface area contributed by atoms with E-state index in [1.165, 1.54) is 0 Å². The van der Waals surface area contributed by atoms with Gasteiger partial charge in [0, 0.05) is 13.2 Å². The summed E-state index contributed by atoms with van der Waals surface area (Å²) in [6, 6.07) is 0. The van der Waals surface area contributed by atoms with Crippen LogP contribution >= 0.6 is 15.9 Å². The maximum Gasteiger partial charge on any atom is 0.162 e. The zero-order valence-corrected chi connectivity index (χ0v) is 15.7. The summed E-state index contributed by atoms with van der Waals surface area (Å²) in [5.74, 6) is 2.14. The van der Waals surface area contributed by atoms with Gasteiger partial charge in [0.2, 0.25) is 0 Å². The van der Waals surface area contributed by atoms with E-state index in [1.54, 1.807) is 0 Å². The van der Waals surface area contributed by atoms with Gasteiger partial charge in [-0.1, -0.05) is 20.8 Å². The van der Waals surface area contributed by atoms with E-state index in [4.69, 9.17) is 9.72 Å². The molecular formula is C16H28BrN3O. The predicted molar refractivity (Wildman–Crippen MR) is 91.7 cm³/mol. The molecule has 1 aromatic rings. The molecule has 0 aliphatic heterocycles. The van der Waals surface area contributed by atoms with Gasteiger partial charge >= 0.3 is 0 Å². The third-order valence-corrected chi connectivity index (χ3v) is 3.94. The van der Waals surface area contributed by atoms with Crippen LogP contribution in [0.2, 0.25) is 0 Å². The van der Waals surface area contributed by atoms with Crippen molar-refractivity contribution < 1.29 is 4.74 Å². The Morgan fingerprint density at radius 1 is 1.24 bits per heavy atom. The van der Waals surface area contributed by atoms with E-state index in [-0.39, 0.29) is 0 Å². The van der Waals surface area contributed by atoms with Gasteiger partial charge in [0.25, 0.3) is 0 Å². The minimum atomic E-state index is -0.482. The largest absolute Gasteiger partial charge is 0.369 e. The summed E-state index contributed by atoms with van der Waals surface area (Å²) in [6.07, 6.45) is 1.97. The molecule has 1 N–H and O–H groups in total. The third-order valence-electron chi connectivity index (χ3n) is 3.11. The van der Waals surface area contributed by atoms with E-state index in [9.17, 15) is 0 Å². The maximum absolute atomic E-state index is 5.81. The average molecular weight is 358 g/mol. The Morgan fingerprint density at radius 3 is 2.43 bits per heavy atom. The molecule has 1 rings (SSSR count). The third kappa shape index (κ3) is 5.22. The number of rotatable bonds is 8. The van der Waals surface area contributed by atoms with Gasteiger partial charge in [-0.25, -0.2) is 9.97 Å². The summed E-state index contributed by atoms with van der Waals surface area (Å²) in [4.78, 5) is 9.42. The second kappa shape index (κ2) is 8.08. The van der Waals surface area contributed by atoms with Crippen LogP contribution in [0.15, 0.2) is 4.47 Å². The molecule has 5 heteroatoms. The lowest BCUT2D eigenvalue weighted by Crippen LogP contribution is -2.26. The number of hydrogen-bond acceptors (Lipinski definition) is 4. The highest BCUT2D eigenvalue weighted by Crippen LogP contribution is 2.30. The number of aromatic nitrogens is 2. The first-order chi connectivity index (χ1) is 9.81. The van der Waals surface area contributed by atoms with E-state index in [0.29, 0.717) is 12.5 Å². The van der Waals surface area contributed by atoms with Gasteiger partial charge in [-0.2, -0.15) is 0 Å². The second-order valence-corrected chi connectivity index (χ2v) is 6.92. The number of anilines is 1. The highest BCUT2D eigenvalue weighted by molar-refractivity contribution is 9.10. The molecule has 0 unspecified atom stereocenters. The van der Waals surface area contributed by atoms with Crippen LogP contribution in [0, 0.1) is 5.92 Å². The molecule has 120 valence electrons. The molecule has 4 nitrogen and oxygen atoms in total. The van der Waals surface area contributed by atoms with Crippen molar-refractivity contribution >= 4 is 21.7 Å². The van der Waals surface area contributed by atoms with Crippen molar-refractivity contribution in [2.75, 3.05) is 18.5 Å². The summed E-state index contributed by atoms with van der Waals surface area (Å²) >= 11 is 3.65. The standard InChI is InChI=1S/C16H28BrN3O/c1-7-9-18-14-13(17)12(10-11(3)4)19-15(20-14)16(5,6)21-8-2/h11H,7-10H2,1-6H3,(H,18,19,20). The molecule has 0 amide bonds. The highest BCUT2D eigenvalue weighted by atomic mass is 79.9. The molecular weight excluding hydrogens is 330 g/mol. The number of ether oxygens (including phenoxy) is 1. The van der Waals surface area contributed by atoms with Crippen molar-refractivity contribution in [2.24, 2.45) is 5.92 Å². The topological polar surface area (TPSA) is 47.0 Å². The fourth-order valence-corrected chi connectivity index (χ4v) is 2.55. The predicted octanol–water partition coefficient (Wildman–Crippen LogP) is 4.53. The fourth-order valence-electron chi connectivity index (χ4n) is 2.07. The lowest BCUT2D eigenvalue weighted by Gasteiger charge is -2.25. The van der Waals surface area contributed by atoms with Crippen LogP contribution in [0.25, 0.3) is 0 Å². The van der Waals surface area contributed by atoms with Gasteiger partial charge in [-0.05, 0) is 55.5 Å². The fraction of sp³-hybridized carbons (Fsp3) is 0.750. The summed E-state index contributed by atoms with van der Waals surface area (Å²) in [6.45, 7) is 14.1. The van der Waals surface area contributed by atoms with Gasteiger partial charge < -0.3 is 10.1 Å². The summed E-state index contributed by atoms with van der Waals surface area (Å²) in [5, 5.41) is 3.38. The number of halogens is 1. The summed E-state index contributed by atoms with van der Waals surface area (Å²) in [5.41, 5.74) is 0.561. The Hall–Kier alpha value is -0.680. The van der Waals surface area contributed by atoms with Gasteiger partial charge in [-0.3, -0.25) is 0 Å². The average Bonchev–Trinajstić information content (AvgIpc) is 2.38. The molecule has 0 radical (unpaired) electrons. The van der Waals surface area contributed by atoms with E-state index < -0.39 is 5.60 Å². The van der Waals surface area contributed by atoms with Crippen molar-refractivity contribution in [3.8, 4) is 0 Å². The number of hydrogen-bond donors (Lipinski definition) is 1. The number of nitrogens with zero attached hydrogens (tertiary/aromatic N) is 2. The van der Waals surface area contributed by atoms with Crippen molar-refractivity contribution in [1.29, 1.82) is 0 Å². The van der Waals surface area contributed by atoms with E-state index >= 15 is 0 Å². The molecule has 0 fully saturated rings. The first-order valence-electron chi connectivity index (χ1n) is 7.76. The first kappa shape index (κ1) is 18.4. The van der Waals surface area contributed by atoms with Crippen molar-refractivity contribution in [3.05, 3.63) is 16.0 Å². The minimum absolute atomic E-state index is 0.482. The van der Waals surface area contributed by atoms with Gasteiger partial charge in [0.1, 0.15) is 11.4 Å². The SMILES string of the molecule is CCCNc1nc(C(C)(C)OCC)nc(CC(C)C)c1Br. The summed E-state index contributed by atoms with van der Waals surface area (Å²) < 4.78 is 6.78. The van der Waals surface area contributed by atoms with E-state index in [1.807, 2.05) is 20.8 Å². The van der Waals surface area contributed by atoms with Gasteiger partial charge in [0.05, 0.1) is 10.2 Å². The van der Waals surface area contributed by atoms with Gasteiger partial charge in [0.15, 0.2) is 5.82 Å². The number of nitrogens with one attached hydrogen (secondary N) is 1. The Kier molecular flexibility index (Phi) is 7.07. The van der Waals surface area contributed by atoms with Crippen molar-refractivity contribution in [2.45, 2.75) is 60.0 Å². The lowest BCUT2D eigenvalue weighted by molar-refractivity contribution is -0.0209. The Morgan fingerprint density at radius 2 is 1.90 bits per heavy atom. The molecule has 0 aliphatic rings. The zero-order chi connectivity index (χ0) is 16.0. The highest BCUT2D eigenvalue weighted by Gasteiger charge is 2.27. The van der Waals surface area contributed by atoms with Gasteiger partial charge in [-0.15, -0.1) is 0 Å². The van der Waals surface area contributed by atoms with E-state index in [0.717, 1.165) is 41.2 Å². The van der Waals surface area contributed by atoms with Crippen molar-refractivity contribution in [3.63, 3.8) is 0 Å². The maximum atomic E-state index is 5.81. The Labute approximate surface area is 137 Å². The molecule has 21 heavy (non-hydrogen) atoms. The van der Waals surface area contributed by atoms with Crippen LogP contribution in [0.3, 0.4) is 0 Å². The molecule has 0 aliphatic carbocycles. The Bertz CT molecular complexity index is 461. The smallest absolute Gasteiger partial charge is 0.162 e. The van der Waals surface area contributed by atoms with Crippen LogP contribution in [0.1, 0.15) is 59.5 Å². The minimum Gasteiger partial charge on any atom is -0.369 e.